The highest BCUT2D eigenvalue weighted by atomic mass is 35.5. The monoisotopic (exact) mass is 351 g/mol. The first-order valence-corrected chi connectivity index (χ1v) is 8.58. The molecule has 3 rings (SSSR count). The van der Waals surface area contributed by atoms with Crippen molar-refractivity contribution in [3.8, 4) is 0 Å². The van der Waals surface area contributed by atoms with Crippen LogP contribution < -0.4 is 10.0 Å². The van der Waals surface area contributed by atoms with Gasteiger partial charge >= 0.3 is 0 Å². The molecule has 23 heavy (non-hydrogen) atoms. The molecular weight excluding hydrogens is 340 g/mol. The van der Waals surface area contributed by atoms with E-state index in [1.54, 1.807) is 12.1 Å². The van der Waals surface area contributed by atoms with Gasteiger partial charge in [0.15, 0.2) is 5.82 Å². The Morgan fingerprint density at radius 2 is 2.00 bits per heavy atom. The van der Waals surface area contributed by atoms with Crippen LogP contribution in [-0.4, -0.2) is 34.6 Å². The van der Waals surface area contributed by atoms with E-state index in [0.717, 1.165) is 6.26 Å². The van der Waals surface area contributed by atoms with Crippen LogP contribution in [0.1, 0.15) is 1.37 Å². The standard InChI is InChI=1S/C13H11ClN6O2S/c1-23(21,22)20-12-10(19-13-8(14)6-15-7-18-13)3-2-9-11(12)17-5-4-16-9/h2-7,20H,1H3,(H,15,18,19)/i7D. The largest absolute Gasteiger partial charge is 0.337 e. The summed E-state index contributed by atoms with van der Waals surface area (Å²) >= 11 is 6.01. The number of fused-ring (bicyclic) bond motifs is 1. The lowest BCUT2D eigenvalue weighted by Crippen LogP contribution is -2.12. The molecule has 0 atom stereocenters. The van der Waals surface area contributed by atoms with Gasteiger partial charge in [-0.2, -0.15) is 0 Å². The minimum Gasteiger partial charge on any atom is -0.337 e. The molecule has 2 heterocycles. The fraction of sp³-hybridized carbons (Fsp3) is 0.0769. The third-order valence-corrected chi connectivity index (χ3v) is 3.66. The lowest BCUT2D eigenvalue weighted by atomic mass is 10.2. The van der Waals surface area contributed by atoms with Gasteiger partial charge in [-0.1, -0.05) is 11.6 Å². The first-order valence-electron chi connectivity index (χ1n) is 6.81. The number of aromatic nitrogens is 4. The molecule has 0 saturated heterocycles. The van der Waals surface area contributed by atoms with Crippen LogP contribution in [0.4, 0.5) is 17.2 Å². The Morgan fingerprint density at radius 1 is 1.22 bits per heavy atom. The summed E-state index contributed by atoms with van der Waals surface area (Å²) < 4.78 is 33.3. The molecule has 3 aromatic rings. The number of rotatable bonds is 4. The molecule has 0 radical (unpaired) electrons. The maximum absolute atomic E-state index is 11.7. The Kier molecular flexibility index (Phi) is 3.64. The molecule has 10 heteroatoms. The van der Waals surface area contributed by atoms with Crippen LogP contribution in [-0.2, 0) is 10.0 Å². The van der Waals surface area contributed by atoms with Crippen LogP contribution in [0.2, 0.25) is 5.02 Å². The van der Waals surface area contributed by atoms with Crippen molar-refractivity contribution >= 4 is 49.9 Å². The van der Waals surface area contributed by atoms with Gasteiger partial charge in [0, 0.05) is 12.4 Å². The Balaban J connectivity index is 2.16. The summed E-state index contributed by atoms with van der Waals surface area (Å²) in [6.45, 7) is 0. The lowest BCUT2D eigenvalue weighted by molar-refractivity contribution is 0.607. The van der Waals surface area contributed by atoms with E-state index >= 15 is 0 Å². The Hall–Kier alpha value is -2.52. The molecule has 0 amide bonds. The second-order valence-electron chi connectivity index (χ2n) is 4.58. The average molecular weight is 352 g/mol. The summed E-state index contributed by atoms with van der Waals surface area (Å²) in [6.07, 6.45) is 5.06. The molecule has 118 valence electrons. The van der Waals surface area contributed by atoms with E-state index in [1.165, 1.54) is 18.6 Å². The molecule has 2 aromatic heterocycles. The SMILES string of the molecule is [2H]c1ncc(Cl)c(Nc2ccc3nccnc3c2NS(C)(=O)=O)n1. The predicted molar refractivity (Wildman–Crippen MR) is 88.3 cm³/mol. The number of hydrogen-bond donors (Lipinski definition) is 2. The molecule has 0 aliphatic carbocycles. The number of anilines is 3. The summed E-state index contributed by atoms with van der Waals surface area (Å²) in [6, 6.07) is 3.29. The number of nitrogens with one attached hydrogen (secondary N) is 2. The zero-order valence-corrected chi connectivity index (χ0v) is 13.4. The number of hydrogen-bond acceptors (Lipinski definition) is 7. The van der Waals surface area contributed by atoms with E-state index in [9.17, 15) is 8.42 Å². The van der Waals surface area contributed by atoms with Crippen molar-refractivity contribution in [2.24, 2.45) is 0 Å². The molecular formula is C13H11ClN6O2S. The topological polar surface area (TPSA) is 110 Å². The fourth-order valence-electron chi connectivity index (χ4n) is 1.92. The van der Waals surface area contributed by atoms with Crippen LogP contribution in [0.15, 0.2) is 37.0 Å². The highest BCUT2D eigenvalue weighted by Gasteiger charge is 2.15. The van der Waals surface area contributed by atoms with Gasteiger partial charge in [-0.3, -0.25) is 14.7 Å². The van der Waals surface area contributed by atoms with Crippen LogP contribution >= 0.6 is 11.6 Å². The third kappa shape index (κ3) is 3.46. The highest BCUT2D eigenvalue weighted by molar-refractivity contribution is 7.92. The van der Waals surface area contributed by atoms with Crippen molar-refractivity contribution < 1.29 is 9.79 Å². The molecule has 0 saturated carbocycles. The lowest BCUT2D eigenvalue weighted by Gasteiger charge is -2.14. The molecule has 0 spiro atoms. The smallest absolute Gasteiger partial charge is 0.229 e. The minimum atomic E-state index is -3.56. The number of halogens is 1. The normalized spacial score (nSPS) is 12.0. The zero-order chi connectivity index (χ0) is 17.3. The van der Waals surface area contributed by atoms with E-state index in [4.69, 9.17) is 13.0 Å². The quantitative estimate of drug-likeness (QED) is 0.741. The van der Waals surface area contributed by atoms with Gasteiger partial charge in [0.2, 0.25) is 10.0 Å². The van der Waals surface area contributed by atoms with Crippen molar-refractivity contribution in [2.75, 3.05) is 16.3 Å². The highest BCUT2D eigenvalue weighted by Crippen LogP contribution is 2.33. The zero-order valence-electron chi connectivity index (χ0n) is 12.8. The first kappa shape index (κ1) is 14.1. The molecule has 1 aromatic carbocycles. The van der Waals surface area contributed by atoms with Crippen LogP contribution in [0, 0.1) is 0 Å². The molecule has 8 nitrogen and oxygen atoms in total. The molecule has 0 aliphatic heterocycles. The summed E-state index contributed by atoms with van der Waals surface area (Å²) in [5, 5.41) is 3.09. The molecule has 2 N–H and O–H groups in total. The Bertz CT molecular complexity index is 1030. The van der Waals surface area contributed by atoms with E-state index in [1.807, 2.05) is 0 Å². The van der Waals surface area contributed by atoms with Crippen molar-refractivity contribution in [2.45, 2.75) is 0 Å². The molecule has 0 bridgehead atoms. The fourth-order valence-corrected chi connectivity index (χ4v) is 2.64. The second-order valence-corrected chi connectivity index (χ2v) is 6.73. The average Bonchev–Trinajstić information content (AvgIpc) is 2.52. The van der Waals surface area contributed by atoms with Gasteiger partial charge in [0.25, 0.3) is 0 Å². The number of sulfonamides is 1. The maximum Gasteiger partial charge on any atom is 0.229 e. The van der Waals surface area contributed by atoms with Gasteiger partial charge < -0.3 is 5.32 Å². The minimum absolute atomic E-state index is 0.177. The van der Waals surface area contributed by atoms with Crippen LogP contribution in [0.25, 0.3) is 11.0 Å². The van der Waals surface area contributed by atoms with E-state index in [-0.39, 0.29) is 22.8 Å². The van der Waals surface area contributed by atoms with Gasteiger partial charge in [-0.05, 0) is 12.1 Å². The number of benzene rings is 1. The Labute approximate surface area is 138 Å². The summed E-state index contributed by atoms with van der Waals surface area (Å²) in [7, 11) is -3.56. The Morgan fingerprint density at radius 3 is 2.78 bits per heavy atom. The summed E-state index contributed by atoms with van der Waals surface area (Å²) in [5.41, 5.74) is 1.46. The third-order valence-electron chi connectivity index (χ3n) is 2.80. The van der Waals surface area contributed by atoms with Gasteiger partial charge in [0.1, 0.15) is 18.2 Å². The van der Waals surface area contributed by atoms with Crippen molar-refractivity contribution in [3.05, 3.63) is 42.0 Å². The molecule has 0 fully saturated rings. The summed E-state index contributed by atoms with van der Waals surface area (Å²) in [4.78, 5) is 15.9. The van der Waals surface area contributed by atoms with Crippen molar-refractivity contribution in [3.63, 3.8) is 0 Å². The van der Waals surface area contributed by atoms with E-state index in [0.29, 0.717) is 16.7 Å². The molecule has 0 aliphatic rings. The van der Waals surface area contributed by atoms with Crippen LogP contribution in [0.5, 0.6) is 0 Å². The van der Waals surface area contributed by atoms with Gasteiger partial charge in [0.05, 0.1) is 29.3 Å². The van der Waals surface area contributed by atoms with Crippen LogP contribution in [0.3, 0.4) is 0 Å². The van der Waals surface area contributed by atoms with Crippen molar-refractivity contribution in [1.29, 1.82) is 0 Å². The summed E-state index contributed by atoms with van der Waals surface area (Å²) in [5.74, 6) is 0.177. The van der Waals surface area contributed by atoms with Gasteiger partial charge in [-0.25, -0.2) is 18.4 Å². The van der Waals surface area contributed by atoms with Gasteiger partial charge in [-0.15, -0.1) is 0 Å². The number of nitrogens with zero attached hydrogens (tertiary/aromatic N) is 4. The molecule has 0 unspecified atom stereocenters. The van der Waals surface area contributed by atoms with Crippen molar-refractivity contribution in [1.82, 2.24) is 19.9 Å². The van der Waals surface area contributed by atoms with E-state index in [2.05, 4.69) is 30.0 Å². The maximum atomic E-state index is 11.7. The predicted octanol–water partition coefficient (Wildman–Crippen LogP) is 2.19. The second kappa shape index (κ2) is 5.94. The first-order chi connectivity index (χ1) is 11.3. The van der Waals surface area contributed by atoms with E-state index < -0.39 is 10.0 Å².